The molecule has 2 aromatic carbocycles. The van der Waals surface area contributed by atoms with Crippen LogP contribution in [0.5, 0.6) is 5.75 Å². The molecule has 1 fully saturated rings. The number of benzene rings is 2. The van der Waals surface area contributed by atoms with Gasteiger partial charge in [-0.1, -0.05) is 35.7 Å². The van der Waals surface area contributed by atoms with Crippen LogP contribution in [0, 0.1) is 0 Å². The quantitative estimate of drug-likeness (QED) is 0.550. The second-order valence-electron chi connectivity index (χ2n) is 5.96. The zero-order valence-corrected chi connectivity index (χ0v) is 16.1. The van der Waals surface area contributed by atoms with Gasteiger partial charge in [0.2, 0.25) is 10.0 Å². The molecule has 0 spiro atoms. The van der Waals surface area contributed by atoms with Gasteiger partial charge in [0.15, 0.2) is 0 Å². The number of rotatable bonds is 4. The van der Waals surface area contributed by atoms with Crippen LogP contribution in [0.25, 0.3) is 0 Å². The van der Waals surface area contributed by atoms with E-state index in [-0.39, 0.29) is 21.2 Å². The summed E-state index contributed by atoms with van der Waals surface area (Å²) < 4.78 is 32.2. The van der Waals surface area contributed by atoms with E-state index in [0.717, 1.165) is 19.3 Å². The molecule has 0 N–H and O–H groups in total. The van der Waals surface area contributed by atoms with E-state index in [9.17, 15) is 13.2 Å². The first kappa shape index (κ1) is 19.2. The van der Waals surface area contributed by atoms with Gasteiger partial charge in [-0.2, -0.15) is 4.31 Å². The number of halogens is 2. The summed E-state index contributed by atoms with van der Waals surface area (Å²) in [7, 11) is -3.62. The average molecular weight is 414 g/mol. The number of hydrogen-bond acceptors (Lipinski definition) is 4. The van der Waals surface area contributed by atoms with Gasteiger partial charge in [0.25, 0.3) is 0 Å². The predicted molar refractivity (Wildman–Crippen MR) is 100 cm³/mol. The molecule has 1 heterocycles. The van der Waals surface area contributed by atoms with Crippen molar-refractivity contribution in [2.24, 2.45) is 0 Å². The van der Waals surface area contributed by atoms with Crippen LogP contribution in [-0.4, -0.2) is 31.8 Å². The lowest BCUT2D eigenvalue weighted by molar-refractivity contribution is 0.0734. The molecule has 1 aliphatic heterocycles. The summed E-state index contributed by atoms with van der Waals surface area (Å²) in [5.74, 6) is -0.437. The Morgan fingerprint density at radius 1 is 0.962 bits per heavy atom. The van der Waals surface area contributed by atoms with Gasteiger partial charge >= 0.3 is 5.97 Å². The third-order valence-corrected chi connectivity index (χ3v) is 6.76. The molecule has 0 aromatic heterocycles. The predicted octanol–water partition coefficient (Wildman–Crippen LogP) is 4.39. The first-order valence-corrected chi connectivity index (χ1v) is 10.3. The van der Waals surface area contributed by atoms with E-state index in [0.29, 0.717) is 18.1 Å². The van der Waals surface area contributed by atoms with Gasteiger partial charge in [0, 0.05) is 19.2 Å². The summed E-state index contributed by atoms with van der Waals surface area (Å²) in [6.45, 7) is 1.00. The van der Waals surface area contributed by atoms with Crippen LogP contribution in [0.2, 0.25) is 10.0 Å². The largest absolute Gasteiger partial charge is 0.423 e. The summed E-state index contributed by atoms with van der Waals surface area (Å²) in [4.78, 5) is 12.4. The van der Waals surface area contributed by atoms with Crippen molar-refractivity contribution in [3.05, 3.63) is 58.1 Å². The van der Waals surface area contributed by atoms with Crippen LogP contribution in [0.4, 0.5) is 0 Å². The zero-order chi connectivity index (χ0) is 18.7. The smallest absolute Gasteiger partial charge is 0.343 e. The summed E-state index contributed by atoms with van der Waals surface area (Å²) in [5.41, 5.74) is 0.147. The molecule has 1 saturated heterocycles. The fourth-order valence-electron chi connectivity index (χ4n) is 2.74. The number of nitrogens with zero attached hydrogens (tertiary/aromatic N) is 1. The highest BCUT2D eigenvalue weighted by molar-refractivity contribution is 7.89. The fraction of sp³-hybridized carbons (Fsp3) is 0.278. The van der Waals surface area contributed by atoms with Crippen molar-refractivity contribution in [2.75, 3.05) is 13.1 Å². The van der Waals surface area contributed by atoms with E-state index < -0.39 is 16.0 Å². The van der Waals surface area contributed by atoms with Crippen molar-refractivity contribution in [1.82, 2.24) is 4.31 Å². The van der Waals surface area contributed by atoms with E-state index in [1.165, 1.54) is 46.8 Å². The Labute approximate surface area is 162 Å². The van der Waals surface area contributed by atoms with Crippen molar-refractivity contribution in [1.29, 1.82) is 0 Å². The van der Waals surface area contributed by atoms with Gasteiger partial charge in [-0.15, -0.1) is 0 Å². The maximum absolute atomic E-state index is 12.7. The minimum Gasteiger partial charge on any atom is -0.423 e. The van der Waals surface area contributed by atoms with Crippen molar-refractivity contribution >= 4 is 39.2 Å². The lowest BCUT2D eigenvalue weighted by atomic mass is 10.2. The van der Waals surface area contributed by atoms with Crippen molar-refractivity contribution in [3.8, 4) is 5.75 Å². The highest BCUT2D eigenvalue weighted by Crippen LogP contribution is 2.27. The number of ether oxygens (including phenoxy) is 1. The molecule has 0 saturated carbocycles. The molecule has 2 aromatic rings. The summed E-state index contributed by atoms with van der Waals surface area (Å²) in [5, 5.41) is 0.611. The fourth-order valence-corrected chi connectivity index (χ4v) is 4.60. The standard InChI is InChI=1S/C18H17Cl2NO4S/c19-16-8-7-14(12-17(16)20)25-18(22)13-5-4-6-15(11-13)26(23,24)21-9-2-1-3-10-21/h4-8,11-12H,1-3,9-10H2. The molecule has 26 heavy (non-hydrogen) atoms. The lowest BCUT2D eigenvalue weighted by Crippen LogP contribution is -2.35. The van der Waals surface area contributed by atoms with Crippen molar-refractivity contribution in [2.45, 2.75) is 24.2 Å². The first-order valence-electron chi connectivity index (χ1n) is 8.15. The molecule has 1 aliphatic rings. The molecule has 138 valence electrons. The molecule has 0 atom stereocenters. The van der Waals surface area contributed by atoms with Crippen molar-refractivity contribution in [3.63, 3.8) is 0 Å². The minimum absolute atomic E-state index is 0.0861. The van der Waals surface area contributed by atoms with E-state index in [4.69, 9.17) is 27.9 Å². The maximum Gasteiger partial charge on any atom is 0.343 e. The van der Waals surface area contributed by atoms with Gasteiger partial charge in [0.1, 0.15) is 5.75 Å². The Bertz CT molecular complexity index is 925. The molecule has 3 rings (SSSR count). The monoisotopic (exact) mass is 413 g/mol. The Hall–Kier alpha value is -1.60. The van der Waals surface area contributed by atoms with Crippen LogP contribution in [-0.2, 0) is 10.0 Å². The highest BCUT2D eigenvalue weighted by atomic mass is 35.5. The lowest BCUT2D eigenvalue weighted by Gasteiger charge is -2.25. The topological polar surface area (TPSA) is 63.7 Å². The number of sulfonamides is 1. The summed E-state index contributed by atoms with van der Waals surface area (Å²) >= 11 is 11.7. The zero-order valence-electron chi connectivity index (χ0n) is 13.8. The number of hydrogen-bond donors (Lipinski definition) is 0. The van der Waals surface area contributed by atoms with Gasteiger partial charge in [-0.25, -0.2) is 13.2 Å². The second kappa shape index (κ2) is 7.96. The maximum atomic E-state index is 12.7. The molecule has 0 unspecified atom stereocenters. The summed E-state index contributed by atoms with van der Waals surface area (Å²) in [6, 6.07) is 10.3. The number of esters is 1. The Morgan fingerprint density at radius 2 is 1.69 bits per heavy atom. The molecular weight excluding hydrogens is 397 g/mol. The molecular formula is C18H17Cl2NO4S. The van der Waals surface area contributed by atoms with Crippen LogP contribution in [0.15, 0.2) is 47.4 Å². The van der Waals surface area contributed by atoms with E-state index >= 15 is 0 Å². The Morgan fingerprint density at radius 3 is 2.38 bits per heavy atom. The molecule has 5 nitrogen and oxygen atoms in total. The van der Waals surface area contributed by atoms with Crippen molar-refractivity contribution < 1.29 is 17.9 Å². The third-order valence-electron chi connectivity index (χ3n) is 4.12. The normalized spacial score (nSPS) is 15.6. The van der Waals surface area contributed by atoms with Crippen LogP contribution >= 0.6 is 23.2 Å². The average Bonchev–Trinajstić information content (AvgIpc) is 2.65. The molecule has 0 aliphatic carbocycles. The molecule has 0 bridgehead atoms. The van der Waals surface area contributed by atoms with E-state index in [1.54, 1.807) is 0 Å². The van der Waals surface area contributed by atoms with E-state index in [1.807, 2.05) is 0 Å². The highest BCUT2D eigenvalue weighted by Gasteiger charge is 2.26. The van der Waals surface area contributed by atoms with Gasteiger partial charge in [-0.3, -0.25) is 0 Å². The SMILES string of the molecule is O=C(Oc1ccc(Cl)c(Cl)c1)c1cccc(S(=O)(=O)N2CCCCC2)c1. The molecule has 0 amide bonds. The minimum atomic E-state index is -3.62. The second-order valence-corrected chi connectivity index (χ2v) is 8.71. The molecule has 8 heteroatoms. The van der Waals surface area contributed by atoms with E-state index in [2.05, 4.69) is 0 Å². The summed E-state index contributed by atoms with van der Waals surface area (Å²) in [6.07, 6.45) is 2.72. The Balaban J connectivity index is 1.82. The first-order chi connectivity index (χ1) is 12.4. The van der Waals surface area contributed by atoms with Crippen LogP contribution in [0.1, 0.15) is 29.6 Å². The van der Waals surface area contributed by atoms with Crippen LogP contribution in [0.3, 0.4) is 0 Å². The van der Waals surface area contributed by atoms with Gasteiger partial charge < -0.3 is 4.74 Å². The molecule has 0 radical (unpaired) electrons. The number of piperidine rings is 1. The third kappa shape index (κ3) is 4.20. The van der Waals surface area contributed by atoms with Crippen LogP contribution < -0.4 is 4.74 Å². The number of carbonyl (C=O) groups is 1. The van der Waals surface area contributed by atoms with Gasteiger partial charge in [0.05, 0.1) is 20.5 Å². The number of carbonyl (C=O) groups excluding carboxylic acids is 1. The Kier molecular flexibility index (Phi) is 5.87. The van der Waals surface area contributed by atoms with Gasteiger partial charge in [-0.05, 0) is 43.2 Å².